The lowest BCUT2D eigenvalue weighted by Crippen LogP contribution is -1.95. The fourth-order valence-corrected chi connectivity index (χ4v) is 1.55. The van der Waals surface area contributed by atoms with Gasteiger partial charge in [-0.05, 0) is 30.7 Å². The van der Waals surface area contributed by atoms with Crippen LogP contribution in [0.5, 0.6) is 5.75 Å². The average Bonchev–Trinajstić information content (AvgIpc) is 2.88. The van der Waals surface area contributed by atoms with Gasteiger partial charge in [0.05, 0.1) is 25.6 Å². The fraction of sp³-hybridized carbons (Fsp3) is 0.385. The molecular weight excluding hydrogens is 230 g/mol. The molecular formula is C13H17N3O2. The number of nitrogens with zero attached hydrogens (tertiary/aromatic N) is 3. The summed E-state index contributed by atoms with van der Waals surface area (Å²) in [6, 6.07) is 7.66. The van der Waals surface area contributed by atoms with Crippen LogP contribution in [0.3, 0.4) is 0 Å². The molecule has 5 heteroatoms. The summed E-state index contributed by atoms with van der Waals surface area (Å²) < 4.78 is 12.3. The quantitative estimate of drug-likeness (QED) is 0.734. The van der Waals surface area contributed by atoms with Crippen molar-refractivity contribution < 1.29 is 9.47 Å². The fourth-order valence-electron chi connectivity index (χ4n) is 1.55. The molecule has 96 valence electrons. The van der Waals surface area contributed by atoms with Crippen molar-refractivity contribution in [3.8, 4) is 11.4 Å². The molecule has 0 saturated heterocycles. The summed E-state index contributed by atoms with van der Waals surface area (Å²) in [4.78, 5) is 0. The second kappa shape index (κ2) is 6.16. The number of hydrogen-bond acceptors (Lipinski definition) is 4. The first kappa shape index (κ1) is 12.6. The minimum Gasteiger partial charge on any atom is -0.497 e. The summed E-state index contributed by atoms with van der Waals surface area (Å²) in [5, 5.41) is 8.13. The molecule has 5 nitrogen and oxygen atoms in total. The van der Waals surface area contributed by atoms with Gasteiger partial charge in [0.15, 0.2) is 0 Å². The van der Waals surface area contributed by atoms with Crippen molar-refractivity contribution >= 4 is 0 Å². The van der Waals surface area contributed by atoms with E-state index in [1.165, 1.54) is 0 Å². The zero-order valence-electron chi connectivity index (χ0n) is 10.7. The van der Waals surface area contributed by atoms with E-state index in [0.717, 1.165) is 30.2 Å². The topological polar surface area (TPSA) is 49.2 Å². The molecule has 0 spiro atoms. The summed E-state index contributed by atoms with van der Waals surface area (Å²) in [6.45, 7) is 3.33. The summed E-state index contributed by atoms with van der Waals surface area (Å²) in [6.07, 6.45) is 2.88. The molecule has 2 rings (SSSR count). The Morgan fingerprint density at radius 2 is 2.00 bits per heavy atom. The van der Waals surface area contributed by atoms with Crippen molar-refractivity contribution in [3.63, 3.8) is 0 Å². The maximum Gasteiger partial charge on any atom is 0.119 e. The van der Waals surface area contributed by atoms with E-state index in [1.54, 1.807) is 11.8 Å². The third-order valence-corrected chi connectivity index (χ3v) is 2.48. The molecule has 0 fully saturated rings. The molecule has 0 radical (unpaired) electrons. The van der Waals surface area contributed by atoms with E-state index >= 15 is 0 Å². The summed E-state index contributed by atoms with van der Waals surface area (Å²) in [5.41, 5.74) is 1.78. The third kappa shape index (κ3) is 3.07. The van der Waals surface area contributed by atoms with E-state index < -0.39 is 0 Å². The first-order valence-electron chi connectivity index (χ1n) is 5.97. The highest BCUT2D eigenvalue weighted by Crippen LogP contribution is 2.14. The highest BCUT2D eigenvalue weighted by atomic mass is 16.5. The smallest absolute Gasteiger partial charge is 0.119 e. The van der Waals surface area contributed by atoms with Crippen LogP contribution in [-0.2, 0) is 11.3 Å². The number of aromatic nitrogens is 3. The normalized spacial score (nSPS) is 10.6. The maximum atomic E-state index is 5.42. The Kier molecular flexibility index (Phi) is 4.30. The monoisotopic (exact) mass is 247 g/mol. The van der Waals surface area contributed by atoms with E-state index in [-0.39, 0.29) is 0 Å². The molecule has 0 aliphatic rings. The Hall–Kier alpha value is -1.88. The highest BCUT2D eigenvalue weighted by Gasteiger charge is 2.03. The Morgan fingerprint density at radius 1 is 1.22 bits per heavy atom. The van der Waals surface area contributed by atoms with Gasteiger partial charge in [-0.3, -0.25) is 0 Å². The van der Waals surface area contributed by atoms with Crippen LogP contribution in [0, 0.1) is 0 Å². The van der Waals surface area contributed by atoms with Crippen LogP contribution in [0.15, 0.2) is 30.5 Å². The van der Waals surface area contributed by atoms with Gasteiger partial charge < -0.3 is 9.47 Å². The molecule has 0 saturated carbocycles. The van der Waals surface area contributed by atoms with Gasteiger partial charge >= 0.3 is 0 Å². The Morgan fingerprint density at radius 3 is 2.67 bits per heavy atom. The number of methoxy groups -OCH3 is 1. The molecule has 1 aromatic carbocycles. The van der Waals surface area contributed by atoms with Crippen LogP contribution in [0.1, 0.15) is 19.0 Å². The standard InChI is InChI=1S/C13H17N3O2/c1-3-8-18-10-11-9-16(15-14-11)12-4-6-13(17-2)7-5-12/h4-7,9H,3,8,10H2,1-2H3. The Labute approximate surface area is 106 Å². The lowest BCUT2D eigenvalue weighted by molar-refractivity contribution is 0.119. The van der Waals surface area contributed by atoms with Crippen molar-refractivity contribution in [2.45, 2.75) is 20.0 Å². The average molecular weight is 247 g/mol. The van der Waals surface area contributed by atoms with Crippen LogP contribution in [0.2, 0.25) is 0 Å². The van der Waals surface area contributed by atoms with Crippen molar-refractivity contribution in [3.05, 3.63) is 36.2 Å². The van der Waals surface area contributed by atoms with E-state index in [1.807, 2.05) is 30.5 Å². The number of ether oxygens (including phenoxy) is 2. The number of hydrogen-bond donors (Lipinski definition) is 0. The van der Waals surface area contributed by atoms with Crippen LogP contribution < -0.4 is 4.74 Å². The van der Waals surface area contributed by atoms with Gasteiger partial charge in [-0.25, -0.2) is 4.68 Å². The van der Waals surface area contributed by atoms with E-state index in [4.69, 9.17) is 9.47 Å². The van der Waals surface area contributed by atoms with E-state index in [0.29, 0.717) is 6.61 Å². The predicted molar refractivity (Wildman–Crippen MR) is 67.9 cm³/mol. The van der Waals surface area contributed by atoms with Gasteiger partial charge in [0, 0.05) is 6.61 Å². The first-order valence-corrected chi connectivity index (χ1v) is 5.97. The summed E-state index contributed by atoms with van der Waals surface area (Å²) >= 11 is 0. The van der Waals surface area contributed by atoms with Gasteiger partial charge in [-0.1, -0.05) is 12.1 Å². The molecule has 1 aromatic heterocycles. The molecule has 0 atom stereocenters. The number of benzene rings is 1. The van der Waals surface area contributed by atoms with E-state index in [9.17, 15) is 0 Å². The predicted octanol–water partition coefficient (Wildman–Crippen LogP) is 2.20. The van der Waals surface area contributed by atoms with Crippen LogP contribution in [-0.4, -0.2) is 28.7 Å². The second-order valence-electron chi connectivity index (χ2n) is 3.91. The first-order chi connectivity index (χ1) is 8.83. The minimum atomic E-state index is 0.504. The molecule has 0 N–H and O–H groups in total. The zero-order valence-corrected chi connectivity index (χ0v) is 10.7. The van der Waals surface area contributed by atoms with Crippen molar-refractivity contribution in [1.82, 2.24) is 15.0 Å². The maximum absolute atomic E-state index is 5.42. The third-order valence-electron chi connectivity index (χ3n) is 2.48. The molecule has 1 heterocycles. The van der Waals surface area contributed by atoms with Crippen LogP contribution in [0.4, 0.5) is 0 Å². The largest absolute Gasteiger partial charge is 0.497 e. The molecule has 0 aliphatic carbocycles. The molecule has 0 amide bonds. The highest BCUT2D eigenvalue weighted by molar-refractivity contribution is 5.36. The van der Waals surface area contributed by atoms with Crippen LogP contribution in [0.25, 0.3) is 5.69 Å². The molecule has 2 aromatic rings. The van der Waals surface area contributed by atoms with Gasteiger partial charge in [0.1, 0.15) is 11.4 Å². The van der Waals surface area contributed by atoms with Crippen molar-refractivity contribution in [1.29, 1.82) is 0 Å². The van der Waals surface area contributed by atoms with Gasteiger partial charge in [-0.2, -0.15) is 0 Å². The molecule has 18 heavy (non-hydrogen) atoms. The van der Waals surface area contributed by atoms with Crippen molar-refractivity contribution in [2.24, 2.45) is 0 Å². The summed E-state index contributed by atoms with van der Waals surface area (Å²) in [7, 11) is 1.65. The zero-order chi connectivity index (χ0) is 12.8. The van der Waals surface area contributed by atoms with E-state index in [2.05, 4.69) is 17.2 Å². The number of rotatable bonds is 6. The van der Waals surface area contributed by atoms with Crippen LogP contribution >= 0.6 is 0 Å². The van der Waals surface area contributed by atoms with Gasteiger partial charge in [-0.15, -0.1) is 5.10 Å². The Bertz CT molecular complexity index is 479. The molecule has 0 unspecified atom stereocenters. The lowest BCUT2D eigenvalue weighted by atomic mass is 10.3. The van der Waals surface area contributed by atoms with Gasteiger partial charge in [0.2, 0.25) is 0 Å². The molecule has 0 aliphatic heterocycles. The Balaban J connectivity index is 2.04. The minimum absolute atomic E-state index is 0.504. The van der Waals surface area contributed by atoms with Gasteiger partial charge in [0.25, 0.3) is 0 Å². The molecule has 0 bridgehead atoms. The SMILES string of the molecule is CCCOCc1cn(-c2ccc(OC)cc2)nn1. The van der Waals surface area contributed by atoms with Crippen molar-refractivity contribution in [2.75, 3.05) is 13.7 Å². The second-order valence-corrected chi connectivity index (χ2v) is 3.91. The summed E-state index contributed by atoms with van der Waals surface area (Å²) in [5.74, 6) is 0.824. The lowest BCUT2D eigenvalue weighted by Gasteiger charge is -2.02.